The minimum absolute atomic E-state index is 0.280. The topological polar surface area (TPSA) is 17.3 Å². The molecule has 0 atom stereocenters. The Labute approximate surface area is 75.8 Å². The molecule has 74 valence electrons. The number of rotatable bonds is 0. The summed E-state index contributed by atoms with van der Waals surface area (Å²) >= 11 is 0. The lowest BCUT2D eigenvalue weighted by Gasteiger charge is -2.02. The average molecular weight is 204 g/mol. The third kappa shape index (κ3) is 1.23. The molecule has 0 amide bonds. The van der Waals surface area contributed by atoms with Crippen molar-refractivity contribution < 1.29 is 17.6 Å². The fourth-order valence-corrected chi connectivity index (χ4v) is 1.23. The molecular weight excluding hydrogens is 200 g/mol. The molecule has 0 aliphatic rings. The number of fused-ring (bicyclic) bond motifs is 1. The Morgan fingerprint density at radius 1 is 1.21 bits per heavy atom. The van der Waals surface area contributed by atoms with Crippen LogP contribution in [0.1, 0.15) is 5.56 Å². The Balaban J connectivity index is 2.81. The van der Waals surface area contributed by atoms with E-state index in [9.17, 15) is 17.6 Å². The number of halogens is 4. The van der Waals surface area contributed by atoms with Crippen molar-refractivity contribution in [2.75, 3.05) is 0 Å². The van der Waals surface area contributed by atoms with E-state index in [4.69, 9.17) is 0 Å². The third-order valence-electron chi connectivity index (χ3n) is 1.78. The minimum atomic E-state index is -4.72. The van der Waals surface area contributed by atoms with Gasteiger partial charge in [-0.15, -0.1) is 5.10 Å². The molecule has 0 spiro atoms. The second kappa shape index (κ2) is 2.70. The van der Waals surface area contributed by atoms with Gasteiger partial charge >= 0.3 is 6.18 Å². The van der Waals surface area contributed by atoms with E-state index in [1.807, 2.05) is 0 Å². The van der Waals surface area contributed by atoms with Gasteiger partial charge in [0.15, 0.2) is 0 Å². The van der Waals surface area contributed by atoms with Gasteiger partial charge in [0.25, 0.3) is 0 Å². The molecular formula is C8H4F4N2. The smallest absolute Gasteiger partial charge is 0.237 e. The molecule has 0 N–H and O–H groups in total. The largest absolute Gasteiger partial charge is 0.422 e. The summed E-state index contributed by atoms with van der Waals surface area (Å²) in [5.41, 5.74) is -1.60. The summed E-state index contributed by atoms with van der Waals surface area (Å²) in [6, 6.07) is 4.03. The van der Waals surface area contributed by atoms with E-state index >= 15 is 0 Å². The lowest BCUT2D eigenvalue weighted by molar-refractivity contribution is -0.138. The Kier molecular flexibility index (Phi) is 1.73. The number of alkyl halides is 3. The molecule has 2 aromatic rings. The molecule has 0 aromatic carbocycles. The van der Waals surface area contributed by atoms with Gasteiger partial charge in [0, 0.05) is 6.20 Å². The average Bonchev–Trinajstić information content (AvgIpc) is 2.38. The fraction of sp³-hybridized carbons (Fsp3) is 0.125. The molecule has 0 saturated heterocycles. The SMILES string of the molecule is Fc1nn2ccccc2c1C(F)(F)F. The van der Waals surface area contributed by atoms with Crippen LogP contribution in [0.5, 0.6) is 0 Å². The third-order valence-corrected chi connectivity index (χ3v) is 1.78. The van der Waals surface area contributed by atoms with Gasteiger partial charge < -0.3 is 0 Å². The second-order valence-corrected chi connectivity index (χ2v) is 2.69. The number of hydrogen-bond donors (Lipinski definition) is 0. The van der Waals surface area contributed by atoms with Gasteiger partial charge in [-0.2, -0.15) is 17.6 Å². The standard InChI is InChI=1S/C8H4F4N2/c9-7-6(8(10,11)12)5-3-1-2-4-14(5)13-7/h1-4H. The van der Waals surface area contributed by atoms with Crippen LogP contribution >= 0.6 is 0 Å². The number of hydrogen-bond acceptors (Lipinski definition) is 1. The first-order chi connectivity index (χ1) is 6.50. The molecule has 0 aliphatic heterocycles. The van der Waals surface area contributed by atoms with Crippen molar-refractivity contribution in [1.29, 1.82) is 0 Å². The zero-order valence-corrected chi connectivity index (χ0v) is 6.72. The van der Waals surface area contributed by atoms with E-state index in [0.29, 0.717) is 0 Å². The van der Waals surface area contributed by atoms with E-state index < -0.39 is 17.7 Å². The maximum atomic E-state index is 12.8. The molecule has 6 heteroatoms. The van der Waals surface area contributed by atoms with Gasteiger partial charge in [-0.3, -0.25) is 0 Å². The Morgan fingerprint density at radius 2 is 1.93 bits per heavy atom. The molecule has 0 unspecified atom stereocenters. The van der Waals surface area contributed by atoms with E-state index in [-0.39, 0.29) is 5.52 Å². The van der Waals surface area contributed by atoms with Crippen LogP contribution in [0, 0.1) is 5.95 Å². The Morgan fingerprint density at radius 3 is 2.57 bits per heavy atom. The highest BCUT2D eigenvalue weighted by Gasteiger charge is 2.38. The maximum absolute atomic E-state index is 12.8. The number of aromatic nitrogens is 2. The highest BCUT2D eigenvalue weighted by Crippen LogP contribution is 2.34. The summed E-state index contributed by atoms with van der Waals surface area (Å²) < 4.78 is 50.7. The second-order valence-electron chi connectivity index (χ2n) is 2.69. The van der Waals surface area contributed by atoms with Gasteiger partial charge in [-0.05, 0) is 12.1 Å². The van der Waals surface area contributed by atoms with Crippen LogP contribution in [0.3, 0.4) is 0 Å². The zero-order chi connectivity index (χ0) is 10.3. The molecule has 2 rings (SSSR count). The van der Waals surface area contributed by atoms with Crippen molar-refractivity contribution in [3.63, 3.8) is 0 Å². The van der Waals surface area contributed by atoms with Crippen molar-refractivity contribution in [1.82, 2.24) is 9.61 Å². The van der Waals surface area contributed by atoms with Crippen molar-refractivity contribution in [2.24, 2.45) is 0 Å². The van der Waals surface area contributed by atoms with Crippen LogP contribution in [0.25, 0.3) is 5.52 Å². The molecule has 2 aromatic heterocycles. The molecule has 0 bridgehead atoms. The predicted octanol–water partition coefficient (Wildman–Crippen LogP) is 2.49. The molecule has 0 saturated carbocycles. The van der Waals surface area contributed by atoms with Gasteiger partial charge in [-0.1, -0.05) is 6.07 Å². The first kappa shape index (κ1) is 8.98. The van der Waals surface area contributed by atoms with Crippen LogP contribution in [0.2, 0.25) is 0 Å². The molecule has 14 heavy (non-hydrogen) atoms. The molecule has 2 heterocycles. The lowest BCUT2D eigenvalue weighted by atomic mass is 10.2. The van der Waals surface area contributed by atoms with Crippen molar-refractivity contribution in [3.05, 3.63) is 35.9 Å². The van der Waals surface area contributed by atoms with Gasteiger partial charge in [0.1, 0.15) is 5.56 Å². The highest BCUT2D eigenvalue weighted by atomic mass is 19.4. The Bertz CT molecular complexity index is 472. The molecule has 0 radical (unpaired) electrons. The van der Waals surface area contributed by atoms with E-state index in [1.165, 1.54) is 24.4 Å². The summed E-state index contributed by atoms with van der Waals surface area (Å²) in [7, 11) is 0. The van der Waals surface area contributed by atoms with E-state index in [1.54, 1.807) is 0 Å². The lowest BCUT2D eigenvalue weighted by Crippen LogP contribution is -2.06. The fourth-order valence-electron chi connectivity index (χ4n) is 1.23. The van der Waals surface area contributed by atoms with Gasteiger partial charge in [0.2, 0.25) is 5.95 Å². The summed E-state index contributed by atoms with van der Waals surface area (Å²) in [4.78, 5) is 0. The number of pyridine rings is 1. The normalized spacial score (nSPS) is 12.3. The van der Waals surface area contributed by atoms with Crippen LogP contribution < -0.4 is 0 Å². The van der Waals surface area contributed by atoms with Crippen molar-refractivity contribution in [3.8, 4) is 0 Å². The highest BCUT2D eigenvalue weighted by molar-refractivity contribution is 5.55. The van der Waals surface area contributed by atoms with Gasteiger partial charge in [-0.25, -0.2) is 4.52 Å². The van der Waals surface area contributed by atoms with Gasteiger partial charge in [0.05, 0.1) is 5.52 Å². The summed E-state index contributed by atoms with van der Waals surface area (Å²) in [6.07, 6.45) is -3.46. The van der Waals surface area contributed by atoms with Crippen molar-refractivity contribution >= 4 is 5.52 Å². The first-order valence-electron chi connectivity index (χ1n) is 3.70. The van der Waals surface area contributed by atoms with Crippen LogP contribution in [-0.4, -0.2) is 9.61 Å². The Hall–Kier alpha value is -1.59. The minimum Gasteiger partial charge on any atom is -0.237 e. The number of nitrogens with zero attached hydrogens (tertiary/aromatic N) is 2. The van der Waals surface area contributed by atoms with Crippen LogP contribution in [0.4, 0.5) is 17.6 Å². The monoisotopic (exact) mass is 204 g/mol. The van der Waals surface area contributed by atoms with Crippen LogP contribution in [-0.2, 0) is 6.18 Å². The predicted molar refractivity (Wildman–Crippen MR) is 40.2 cm³/mol. The van der Waals surface area contributed by atoms with Crippen LogP contribution in [0.15, 0.2) is 24.4 Å². The van der Waals surface area contributed by atoms with Crippen molar-refractivity contribution in [2.45, 2.75) is 6.18 Å². The zero-order valence-electron chi connectivity index (χ0n) is 6.72. The first-order valence-corrected chi connectivity index (χ1v) is 3.70. The molecule has 0 fully saturated rings. The summed E-state index contributed by atoms with van der Waals surface area (Å²) in [6.45, 7) is 0. The maximum Gasteiger partial charge on any atom is 0.422 e. The summed E-state index contributed by atoms with van der Waals surface area (Å²) in [5.74, 6) is -1.50. The summed E-state index contributed by atoms with van der Waals surface area (Å²) in [5, 5.41) is 3.11. The van der Waals surface area contributed by atoms with E-state index in [0.717, 1.165) is 4.52 Å². The molecule has 2 nitrogen and oxygen atoms in total. The van der Waals surface area contributed by atoms with E-state index in [2.05, 4.69) is 5.10 Å². The molecule has 0 aliphatic carbocycles. The quantitative estimate of drug-likeness (QED) is 0.602.